The number of aliphatic hydroxyl groups excluding tert-OH is 1. The number of hydrazine groups is 1. The van der Waals surface area contributed by atoms with Crippen molar-refractivity contribution in [3.63, 3.8) is 0 Å². The minimum atomic E-state index is -0.891. The van der Waals surface area contributed by atoms with Crippen LogP contribution in [0.25, 0.3) is 0 Å². The molecule has 20 heavy (non-hydrogen) atoms. The summed E-state index contributed by atoms with van der Waals surface area (Å²) in [5.41, 5.74) is 0.807. The van der Waals surface area contributed by atoms with Crippen molar-refractivity contribution < 1.29 is 19.7 Å². The number of likely N-dealkylation sites (N-methyl/N-ethyl adjacent to an activating group) is 1. The van der Waals surface area contributed by atoms with E-state index < -0.39 is 12.1 Å². The Morgan fingerprint density at radius 1 is 1.55 bits per heavy atom. The summed E-state index contributed by atoms with van der Waals surface area (Å²) in [5.74, 6) is 5.29. The molecule has 0 aliphatic heterocycles. The third kappa shape index (κ3) is 8.25. The summed E-state index contributed by atoms with van der Waals surface area (Å²) >= 11 is 0. The summed E-state index contributed by atoms with van der Waals surface area (Å²) < 4.78 is 5.05. The van der Waals surface area contributed by atoms with E-state index in [0.29, 0.717) is 6.54 Å². The van der Waals surface area contributed by atoms with E-state index in [9.17, 15) is 9.90 Å². The molecule has 0 aliphatic rings. The molecule has 112 valence electrons. The number of rotatable bonds is 5. The Hall–Kier alpha value is -1.89. The average Bonchev–Trinajstić information content (AvgIpc) is 2.38. The zero-order chi connectivity index (χ0) is 15.5. The van der Waals surface area contributed by atoms with Crippen molar-refractivity contribution in [3.05, 3.63) is 42.0 Å². The Morgan fingerprint density at radius 3 is 2.60 bits per heavy atom. The zero-order valence-electron chi connectivity index (χ0n) is 12.0. The van der Waals surface area contributed by atoms with Gasteiger partial charge in [0.1, 0.15) is 5.75 Å². The molecule has 0 spiro atoms. The molecule has 1 unspecified atom stereocenters. The lowest BCUT2D eigenvalue weighted by Crippen LogP contribution is -2.30. The van der Waals surface area contributed by atoms with Crippen LogP contribution in [0, 0.1) is 0 Å². The summed E-state index contributed by atoms with van der Waals surface area (Å²) in [6.07, 6.45) is 1.97. The lowest BCUT2D eigenvalue weighted by molar-refractivity contribution is -0.131. The fourth-order valence-electron chi connectivity index (χ4n) is 1.37. The Kier molecular flexibility index (Phi) is 9.02. The third-order valence-corrected chi connectivity index (χ3v) is 2.25. The molecule has 6 nitrogen and oxygen atoms in total. The predicted octanol–water partition coefficient (Wildman–Crippen LogP) is 1.18. The van der Waals surface area contributed by atoms with Crippen molar-refractivity contribution in [2.24, 2.45) is 5.84 Å². The smallest absolute Gasteiger partial charge is 0.327 e. The van der Waals surface area contributed by atoms with E-state index in [-0.39, 0.29) is 0 Å². The number of hydrogen-bond donors (Lipinski definition) is 3. The van der Waals surface area contributed by atoms with Crippen molar-refractivity contribution in [2.45, 2.75) is 13.0 Å². The molecule has 6 heteroatoms. The van der Waals surface area contributed by atoms with Crippen LogP contribution in [-0.2, 0) is 4.79 Å². The van der Waals surface area contributed by atoms with Gasteiger partial charge in [0.2, 0.25) is 0 Å². The first kappa shape index (κ1) is 18.1. The lowest BCUT2D eigenvalue weighted by Gasteiger charge is -2.16. The van der Waals surface area contributed by atoms with Crippen LogP contribution in [0.2, 0.25) is 0 Å². The number of nitrogens with two attached hydrogens (primary N) is 1. The molecule has 1 rings (SSSR count). The first-order valence-corrected chi connectivity index (χ1v) is 6.04. The molecule has 0 bridgehead atoms. The predicted molar refractivity (Wildman–Crippen MR) is 77.2 cm³/mol. The molecule has 0 fully saturated rings. The van der Waals surface area contributed by atoms with Crippen molar-refractivity contribution in [1.82, 2.24) is 5.01 Å². The lowest BCUT2D eigenvalue weighted by atomic mass is 10.1. The van der Waals surface area contributed by atoms with Crippen LogP contribution >= 0.6 is 0 Å². The monoisotopic (exact) mass is 282 g/mol. The van der Waals surface area contributed by atoms with Gasteiger partial charge in [0.25, 0.3) is 0 Å². The molecule has 1 aromatic rings. The van der Waals surface area contributed by atoms with Crippen LogP contribution in [0.5, 0.6) is 5.75 Å². The Labute approximate surface area is 119 Å². The van der Waals surface area contributed by atoms with Crippen LogP contribution in [0.1, 0.15) is 18.6 Å². The van der Waals surface area contributed by atoms with Gasteiger partial charge in [0.15, 0.2) is 0 Å². The van der Waals surface area contributed by atoms with Gasteiger partial charge >= 0.3 is 5.97 Å². The average molecular weight is 282 g/mol. The maximum absolute atomic E-state index is 9.73. The summed E-state index contributed by atoms with van der Waals surface area (Å²) in [7, 11) is 3.31. The molecule has 1 aromatic carbocycles. The van der Waals surface area contributed by atoms with E-state index >= 15 is 0 Å². The number of aliphatic hydroxyl groups is 1. The highest BCUT2D eigenvalue weighted by molar-refractivity contribution is 5.79. The molecular weight excluding hydrogens is 260 g/mol. The molecule has 4 N–H and O–H groups in total. The topological polar surface area (TPSA) is 96.0 Å². The van der Waals surface area contributed by atoms with Gasteiger partial charge in [0, 0.05) is 19.7 Å². The Bertz CT molecular complexity index is 433. The number of benzene rings is 1. The van der Waals surface area contributed by atoms with Gasteiger partial charge in [-0.05, 0) is 24.6 Å². The maximum Gasteiger partial charge on any atom is 0.327 e. The minimum Gasteiger partial charge on any atom is -0.497 e. The van der Waals surface area contributed by atoms with Crippen LogP contribution in [0.3, 0.4) is 0 Å². The van der Waals surface area contributed by atoms with Crippen LogP contribution in [0.4, 0.5) is 0 Å². The van der Waals surface area contributed by atoms with Gasteiger partial charge in [-0.25, -0.2) is 9.80 Å². The molecule has 0 heterocycles. The molecule has 0 aliphatic carbocycles. The van der Waals surface area contributed by atoms with Gasteiger partial charge in [-0.3, -0.25) is 5.84 Å². The van der Waals surface area contributed by atoms with Gasteiger partial charge in [0.05, 0.1) is 13.2 Å². The highest BCUT2D eigenvalue weighted by atomic mass is 16.5. The largest absolute Gasteiger partial charge is 0.497 e. The molecule has 0 amide bonds. The maximum atomic E-state index is 9.73. The van der Waals surface area contributed by atoms with Gasteiger partial charge in [-0.2, -0.15) is 0 Å². The van der Waals surface area contributed by atoms with E-state index in [2.05, 4.69) is 0 Å². The van der Waals surface area contributed by atoms with Gasteiger partial charge in [-0.1, -0.05) is 18.2 Å². The molecular formula is C14H22N2O4. The number of methoxy groups -OCH3 is 1. The van der Waals surface area contributed by atoms with Gasteiger partial charge in [-0.15, -0.1) is 0 Å². The Balaban J connectivity index is 0.000000511. The second-order valence-corrected chi connectivity index (χ2v) is 4.07. The van der Waals surface area contributed by atoms with Crippen LogP contribution in [-0.4, -0.2) is 41.9 Å². The number of carboxylic acid groups (broad SMARTS) is 1. The van der Waals surface area contributed by atoms with Crippen LogP contribution < -0.4 is 10.6 Å². The fraction of sp³-hybridized carbons (Fsp3) is 0.357. The summed E-state index contributed by atoms with van der Waals surface area (Å²) in [6.45, 7) is 2.06. The summed E-state index contributed by atoms with van der Waals surface area (Å²) in [4.78, 5) is 9.51. The quantitative estimate of drug-likeness (QED) is 0.426. The number of nitrogens with zero attached hydrogens (tertiary/aromatic N) is 1. The number of carbonyl (C=O) groups is 1. The highest BCUT2D eigenvalue weighted by Crippen LogP contribution is 2.18. The number of ether oxygens (including phenoxy) is 1. The number of carboxylic acids is 1. The summed E-state index contributed by atoms with van der Waals surface area (Å²) in [5, 5.41) is 19.0. The summed E-state index contributed by atoms with van der Waals surface area (Å²) in [6, 6.07) is 7.32. The SMILES string of the molecule is C/C=C/C(=O)O.COc1cccc(C(O)CN(C)N)c1. The number of aliphatic carboxylic acids is 1. The Morgan fingerprint density at radius 2 is 2.20 bits per heavy atom. The molecule has 0 saturated heterocycles. The van der Waals surface area contributed by atoms with Crippen molar-refractivity contribution in [3.8, 4) is 5.75 Å². The standard InChI is InChI=1S/C10H16N2O2.C4H6O2/c1-12(11)7-10(13)8-4-3-5-9(6-8)14-2;1-2-3-4(5)6/h3-6,10,13H,7,11H2,1-2H3;2-3H,1H3,(H,5,6)/b;3-2+. The normalized spacial score (nSPS) is 11.9. The first-order valence-electron chi connectivity index (χ1n) is 6.04. The van der Waals surface area contributed by atoms with E-state index in [0.717, 1.165) is 17.4 Å². The molecule has 0 saturated carbocycles. The molecule has 0 radical (unpaired) electrons. The van der Waals surface area contributed by atoms with E-state index in [1.54, 1.807) is 27.1 Å². The van der Waals surface area contributed by atoms with Crippen molar-refractivity contribution >= 4 is 5.97 Å². The van der Waals surface area contributed by atoms with Crippen molar-refractivity contribution in [1.29, 1.82) is 0 Å². The highest BCUT2D eigenvalue weighted by Gasteiger charge is 2.09. The minimum absolute atomic E-state index is 0.396. The van der Waals surface area contributed by atoms with Crippen LogP contribution in [0.15, 0.2) is 36.4 Å². The fourth-order valence-corrected chi connectivity index (χ4v) is 1.37. The number of hydrogen-bond acceptors (Lipinski definition) is 5. The number of allylic oxidation sites excluding steroid dienone is 1. The second-order valence-electron chi connectivity index (χ2n) is 4.07. The zero-order valence-corrected chi connectivity index (χ0v) is 12.0. The second kappa shape index (κ2) is 9.96. The first-order chi connectivity index (χ1) is 9.40. The van der Waals surface area contributed by atoms with Gasteiger partial charge < -0.3 is 14.9 Å². The molecule has 0 aromatic heterocycles. The molecule has 1 atom stereocenters. The van der Waals surface area contributed by atoms with E-state index in [4.69, 9.17) is 15.7 Å². The van der Waals surface area contributed by atoms with Crippen molar-refractivity contribution in [2.75, 3.05) is 20.7 Å². The van der Waals surface area contributed by atoms with E-state index in [1.807, 2.05) is 18.2 Å². The third-order valence-electron chi connectivity index (χ3n) is 2.25. The van der Waals surface area contributed by atoms with E-state index in [1.165, 1.54) is 11.1 Å².